The molecule has 9 heteroatoms. The molecular formula is C14H25N5O3S. The van der Waals surface area contributed by atoms with Crippen molar-refractivity contribution in [3.63, 3.8) is 0 Å². The third-order valence-corrected chi connectivity index (χ3v) is 5.37. The molecule has 8 nitrogen and oxygen atoms in total. The maximum Gasteiger partial charge on any atom is 0.210 e. The van der Waals surface area contributed by atoms with E-state index in [4.69, 9.17) is 0 Å². The second kappa shape index (κ2) is 7.89. The molecule has 1 aromatic rings. The number of rotatable bonds is 8. The van der Waals surface area contributed by atoms with Crippen LogP contribution in [-0.2, 0) is 10.0 Å². The fourth-order valence-corrected chi connectivity index (χ4v) is 3.07. The van der Waals surface area contributed by atoms with Crippen LogP contribution in [0.25, 0.3) is 0 Å². The molecule has 23 heavy (non-hydrogen) atoms. The quantitative estimate of drug-likeness (QED) is 0.647. The molecule has 1 aliphatic rings. The number of sulfonamides is 1. The van der Waals surface area contributed by atoms with Crippen LogP contribution in [0.2, 0.25) is 0 Å². The van der Waals surface area contributed by atoms with Crippen LogP contribution < -0.4 is 10.2 Å². The predicted octanol–water partition coefficient (Wildman–Crippen LogP) is 0.131. The zero-order chi connectivity index (χ0) is 16.9. The van der Waals surface area contributed by atoms with Gasteiger partial charge in [0.1, 0.15) is 18.0 Å². The van der Waals surface area contributed by atoms with Crippen LogP contribution in [0.5, 0.6) is 0 Å². The molecule has 0 amide bonds. The van der Waals surface area contributed by atoms with Gasteiger partial charge in [-0.25, -0.2) is 22.7 Å². The molecule has 0 aromatic carbocycles. The van der Waals surface area contributed by atoms with Crippen molar-refractivity contribution in [2.75, 3.05) is 49.8 Å². The maximum absolute atomic E-state index is 11.3. The third kappa shape index (κ3) is 5.02. The second-order valence-corrected chi connectivity index (χ2v) is 7.89. The molecule has 1 aliphatic heterocycles. The summed E-state index contributed by atoms with van der Waals surface area (Å²) in [5, 5.41) is 12.6. The highest BCUT2D eigenvalue weighted by molar-refractivity contribution is 7.88. The monoisotopic (exact) mass is 343 g/mol. The standard InChI is InChI=1S/C14H25N5O3S/c1-18(23(2,21)22)7-4-6-15-13-9-14(17-11-16-13)19-8-3-5-12(19)10-20/h9,11-12,20H,3-8,10H2,1-2H3,(H,15,16,17)/t12-/m0/s1. The summed E-state index contributed by atoms with van der Waals surface area (Å²) >= 11 is 0. The molecule has 1 aromatic heterocycles. The average Bonchev–Trinajstić information content (AvgIpc) is 2.99. The Morgan fingerprint density at radius 2 is 2.26 bits per heavy atom. The van der Waals surface area contributed by atoms with E-state index in [1.807, 2.05) is 6.07 Å². The first-order valence-corrected chi connectivity index (χ1v) is 9.61. The van der Waals surface area contributed by atoms with E-state index in [0.29, 0.717) is 25.3 Å². The van der Waals surface area contributed by atoms with Gasteiger partial charge in [0, 0.05) is 32.7 Å². The number of aliphatic hydroxyl groups excluding tert-OH is 1. The number of anilines is 2. The Kier molecular flexibility index (Phi) is 6.14. The molecule has 0 spiro atoms. The number of nitrogens with zero attached hydrogens (tertiary/aromatic N) is 4. The number of hydrogen-bond acceptors (Lipinski definition) is 7. The summed E-state index contributed by atoms with van der Waals surface area (Å²) in [6.07, 6.45) is 5.42. The summed E-state index contributed by atoms with van der Waals surface area (Å²) in [6, 6.07) is 2.00. The highest BCUT2D eigenvalue weighted by Gasteiger charge is 2.25. The Labute approximate surface area is 137 Å². The molecule has 1 saturated heterocycles. The van der Waals surface area contributed by atoms with Crippen molar-refractivity contribution in [3.8, 4) is 0 Å². The topological polar surface area (TPSA) is 98.7 Å². The van der Waals surface area contributed by atoms with E-state index >= 15 is 0 Å². The number of nitrogens with one attached hydrogen (secondary N) is 1. The first-order chi connectivity index (χ1) is 10.9. The summed E-state index contributed by atoms with van der Waals surface area (Å²) in [4.78, 5) is 10.6. The van der Waals surface area contributed by atoms with E-state index in [9.17, 15) is 13.5 Å². The average molecular weight is 343 g/mol. The molecule has 0 radical (unpaired) electrons. The molecule has 1 fully saturated rings. The first-order valence-electron chi connectivity index (χ1n) is 7.76. The van der Waals surface area contributed by atoms with Crippen molar-refractivity contribution < 1.29 is 13.5 Å². The summed E-state index contributed by atoms with van der Waals surface area (Å²) in [6.45, 7) is 2.10. The Morgan fingerprint density at radius 1 is 1.48 bits per heavy atom. The van der Waals surface area contributed by atoms with Crippen LogP contribution in [0, 0.1) is 0 Å². The van der Waals surface area contributed by atoms with Gasteiger partial charge in [0.2, 0.25) is 10.0 Å². The van der Waals surface area contributed by atoms with Crippen LogP contribution in [0.3, 0.4) is 0 Å². The van der Waals surface area contributed by atoms with Gasteiger partial charge < -0.3 is 15.3 Å². The largest absolute Gasteiger partial charge is 0.394 e. The predicted molar refractivity (Wildman–Crippen MR) is 90.1 cm³/mol. The van der Waals surface area contributed by atoms with E-state index in [1.165, 1.54) is 16.9 Å². The van der Waals surface area contributed by atoms with Crippen LogP contribution in [0.1, 0.15) is 19.3 Å². The van der Waals surface area contributed by atoms with Gasteiger partial charge in [-0.2, -0.15) is 0 Å². The molecule has 0 aliphatic carbocycles. The van der Waals surface area contributed by atoms with Gasteiger partial charge in [0.25, 0.3) is 0 Å². The number of hydrogen-bond donors (Lipinski definition) is 2. The van der Waals surface area contributed by atoms with Crippen molar-refractivity contribution >= 4 is 21.7 Å². The summed E-state index contributed by atoms with van der Waals surface area (Å²) in [5.74, 6) is 1.52. The summed E-state index contributed by atoms with van der Waals surface area (Å²) in [5.41, 5.74) is 0. The molecule has 130 valence electrons. The molecule has 0 bridgehead atoms. The maximum atomic E-state index is 11.3. The fourth-order valence-electron chi connectivity index (χ4n) is 2.61. The van der Waals surface area contributed by atoms with Gasteiger partial charge in [-0.05, 0) is 19.3 Å². The van der Waals surface area contributed by atoms with Gasteiger partial charge in [0.05, 0.1) is 18.9 Å². The van der Waals surface area contributed by atoms with Gasteiger partial charge in [0.15, 0.2) is 0 Å². The zero-order valence-corrected chi connectivity index (χ0v) is 14.5. The lowest BCUT2D eigenvalue weighted by molar-refractivity contribution is 0.266. The van der Waals surface area contributed by atoms with Crippen molar-refractivity contribution in [2.45, 2.75) is 25.3 Å². The summed E-state index contributed by atoms with van der Waals surface area (Å²) < 4.78 is 23.9. The molecule has 2 rings (SSSR count). The minimum Gasteiger partial charge on any atom is -0.394 e. The molecule has 0 saturated carbocycles. The Bertz CT molecular complexity index is 610. The van der Waals surface area contributed by atoms with Crippen molar-refractivity contribution in [2.24, 2.45) is 0 Å². The van der Waals surface area contributed by atoms with Crippen molar-refractivity contribution in [1.82, 2.24) is 14.3 Å². The normalized spacial score (nSPS) is 18.6. The van der Waals surface area contributed by atoms with Gasteiger partial charge in [-0.1, -0.05) is 0 Å². The summed E-state index contributed by atoms with van der Waals surface area (Å²) in [7, 11) is -1.56. The Hall–Kier alpha value is -1.45. The van der Waals surface area contributed by atoms with Gasteiger partial charge in [-0.3, -0.25) is 0 Å². The minimum absolute atomic E-state index is 0.126. The van der Waals surface area contributed by atoms with Crippen molar-refractivity contribution in [3.05, 3.63) is 12.4 Å². The molecule has 1 atom stereocenters. The minimum atomic E-state index is -3.13. The fraction of sp³-hybridized carbons (Fsp3) is 0.714. The third-order valence-electron chi connectivity index (χ3n) is 4.06. The number of aliphatic hydroxyl groups is 1. The zero-order valence-electron chi connectivity index (χ0n) is 13.6. The Morgan fingerprint density at radius 3 is 2.96 bits per heavy atom. The lowest BCUT2D eigenvalue weighted by atomic mass is 10.2. The van der Waals surface area contributed by atoms with Crippen LogP contribution in [0.4, 0.5) is 11.6 Å². The van der Waals surface area contributed by atoms with Crippen molar-refractivity contribution in [1.29, 1.82) is 0 Å². The lowest BCUT2D eigenvalue weighted by Crippen LogP contribution is -2.32. The van der Waals surface area contributed by atoms with E-state index in [0.717, 1.165) is 25.2 Å². The van der Waals surface area contributed by atoms with E-state index in [-0.39, 0.29) is 12.6 Å². The SMILES string of the molecule is CN(CCCNc1cc(N2CCC[C@H]2CO)ncn1)S(C)(=O)=O. The lowest BCUT2D eigenvalue weighted by Gasteiger charge is -2.24. The highest BCUT2D eigenvalue weighted by Crippen LogP contribution is 2.24. The van der Waals surface area contributed by atoms with E-state index < -0.39 is 10.0 Å². The molecule has 2 heterocycles. The number of aromatic nitrogens is 2. The van der Waals surface area contributed by atoms with Crippen LogP contribution in [0.15, 0.2) is 12.4 Å². The molecule has 0 unspecified atom stereocenters. The van der Waals surface area contributed by atoms with Gasteiger partial charge >= 0.3 is 0 Å². The van der Waals surface area contributed by atoms with Gasteiger partial charge in [-0.15, -0.1) is 0 Å². The molecule has 2 N–H and O–H groups in total. The van der Waals surface area contributed by atoms with Crippen LogP contribution in [-0.4, -0.2) is 73.4 Å². The van der Waals surface area contributed by atoms with Crippen LogP contribution >= 0.6 is 0 Å². The Balaban J connectivity index is 1.86. The molecular weight excluding hydrogens is 318 g/mol. The second-order valence-electron chi connectivity index (χ2n) is 5.80. The smallest absolute Gasteiger partial charge is 0.210 e. The van der Waals surface area contributed by atoms with E-state index in [1.54, 1.807) is 7.05 Å². The van der Waals surface area contributed by atoms with E-state index in [2.05, 4.69) is 20.2 Å². The highest BCUT2D eigenvalue weighted by atomic mass is 32.2. The first kappa shape index (κ1) is 17.9.